The fraction of sp³-hybridized carbons (Fsp3) is 0.600. The molecular formula is C10H18O. The lowest BCUT2D eigenvalue weighted by atomic mass is 10.00. The lowest BCUT2D eigenvalue weighted by Crippen LogP contribution is -1.94. The number of hydrogen-bond donors (Lipinski definition) is 0. The molecule has 1 heteroatoms. The first-order chi connectivity index (χ1) is 5.11. The van der Waals surface area contributed by atoms with Gasteiger partial charge in [-0.15, -0.1) is 0 Å². The predicted octanol–water partition coefficient (Wildman–Crippen LogP) is 3.14. The molecule has 0 N–H and O–H groups in total. The third kappa shape index (κ3) is 3.87. The molecule has 0 aliphatic carbocycles. The first kappa shape index (κ1) is 10.3. The maximum atomic E-state index is 5.02. The molecule has 1 unspecified atom stereocenters. The number of methoxy groups -OCH3 is 1. The Morgan fingerprint density at radius 2 is 2.18 bits per heavy atom. The second-order valence-corrected chi connectivity index (χ2v) is 2.84. The Morgan fingerprint density at radius 1 is 1.64 bits per heavy atom. The van der Waals surface area contributed by atoms with Gasteiger partial charge >= 0.3 is 0 Å². The standard InChI is InChI=1S/C10H18O/c1-6-8(2)9(3)7-10(4)11-5/h7-8H,3,6H2,1-2,4-5H3/b10-7-. The van der Waals surface area contributed by atoms with Gasteiger partial charge in [0.25, 0.3) is 0 Å². The van der Waals surface area contributed by atoms with E-state index < -0.39 is 0 Å². The summed E-state index contributed by atoms with van der Waals surface area (Å²) in [5.74, 6) is 1.48. The lowest BCUT2D eigenvalue weighted by Gasteiger charge is -2.08. The van der Waals surface area contributed by atoms with Crippen molar-refractivity contribution >= 4 is 0 Å². The fourth-order valence-corrected chi connectivity index (χ4v) is 0.724. The van der Waals surface area contributed by atoms with Gasteiger partial charge in [-0.2, -0.15) is 0 Å². The molecule has 0 aromatic rings. The quantitative estimate of drug-likeness (QED) is 0.446. The lowest BCUT2D eigenvalue weighted by molar-refractivity contribution is 0.293. The summed E-state index contributed by atoms with van der Waals surface area (Å²) in [7, 11) is 1.68. The van der Waals surface area contributed by atoms with Gasteiger partial charge in [-0.3, -0.25) is 0 Å². The monoisotopic (exact) mass is 154 g/mol. The van der Waals surface area contributed by atoms with E-state index in [-0.39, 0.29) is 0 Å². The summed E-state index contributed by atoms with van der Waals surface area (Å²) >= 11 is 0. The van der Waals surface area contributed by atoms with Crippen LogP contribution in [0, 0.1) is 5.92 Å². The molecule has 0 rings (SSSR count). The van der Waals surface area contributed by atoms with Crippen molar-refractivity contribution in [1.29, 1.82) is 0 Å². The van der Waals surface area contributed by atoms with Gasteiger partial charge in [-0.25, -0.2) is 0 Å². The van der Waals surface area contributed by atoms with Gasteiger partial charge < -0.3 is 4.74 Å². The second kappa shape index (κ2) is 5.00. The Balaban J connectivity index is 4.05. The number of hydrogen-bond acceptors (Lipinski definition) is 1. The minimum atomic E-state index is 0.556. The molecule has 0 amide bonds. The predicted molar refractivity (Wildman–Crippen MR) is 49.4 cm³/mol. The summed E-state index contributed by atoms with van der Waals surface area (Å²) in [5.41, 5.74) is 1.15. The summed E-state index contributed by atoms with van der Waals surface area (Å²) in [6.07, 6.45) is 3.13. The van der Waals surface area contributed by atoms with Crippen molar-refractivity contribution < 1.29 is 4.74 Å². The van der Waals surface area contributed by atoms with Crippen LogP contribution < -0.4 is 0 Å². The van der Waals surface area contributed by atoms with E-state index in [0.717, 1.165) is 17.8 Å². The van der Waals surface area contributed by atoms with Crippen LogP contribution in [0.4, 0.5) is 0 Å². The molecule has 0 radical (unpaired) electrons. The molecule has 0 saturated carbocycles. The second-order valence-electron chi connectivity index (χ2n) is 2.84. The molecule has 1 nitrogen and oxygen atoms in total. The number of ether oxygens (including phenoxy) is 1. The van der Waals surface area contributed by atoms with Crippen molar-refractivity contribution in [2.45, 2.75) is 27.2 Å². The van der Waals surface area contributed by atoms with Gasteiger partial charge in [-0.05, 0) is 30.9 Å². The van der Waals surface area contributed by atoms with Crippen LogP contribution in [0.2, 0.25) is 0 Å². The van der Waals surface area contributed by atoms with Crippen LogP contribution >= 0.6 is 0 Å². The third-order valence-electron chi connectivity index (χ3n) is 1.96. The van der Waals surface area contributed by atoms with Crippen LogP contribution in [-0.2, 0) is 4.74 Å². The summed E-state index contributed by atoms with van der Waals surface area (Å²) in [6.45, 7) is 10.2. The first-order valence-electron chi connectivity index (χ1n) is 4.02. The zero-order chi connectivity index (χ0) is 8.85. The Bertz CT molecular complexity index is 156. The highest BCUT2D eigenvalue weighted by Crippen LogP contribution is 2.14. The smallest absolute Gasteiger partial charge is 0.0927 e. The van der Waals surface area contributed by atoms with Crippen molar-refractivity contribution in [3.63, 3.8) is 0 Å². The van der Waals surface area contributed by atoms with E-state index in [2.05, 4.69) is 20.4 Å². The minimum absolute atomic E-state index is 0.556. The molecule has 0 aliphatic rings. The van der Waals surface area contributed by atoms with Crippen molar-refractivity contribution in [1.82, 2.24) is 0 Å². The van der Waals surface area contributed by atoms with Crippen LogP contribution in [0.15, 0.2) is 24.0 Å². The van der Waals surface area contributed by atoms with Gasteiger partial charge in [0, 0.05) is 0 Å². The van der Waals surface area contributed by atoms with Gasteiger partial charge in [0.1, 0.15) is 0 Å². The van der Waals surface area contributed by atoms with E-state index in [1.807, 2.05) is 13.0 Å². The van der Waals surface area contributed by atoms with Crippen LogP contribution in [0.5, 0.6) is 0 Å². The zero-order valence-electron chi connectivity index (χ0n) is 7.98. The Morgan fingerprint density at radius 3 is 2.55 bits per heavy atom. The molecule has 1 atom stereocenters. The van der Waals surface area contributed by atoms with Crippen molar-refractivity contribution in [3.8, 4) is 0 Å². The van der Waals surface area contributed by atoms with E-state index in [0.29, 0.717) is 5.92 Å². The summed E-state index contributed by atoms with van der Waals surface area (Å²) in [4.78, 5) is 0. The Kier molecular flexibility index (Phi) is 4.67. The highest BCUT2D eigenvalue weighted by molar-refractivity contribution is 5.18. The van der Waals surface area contributed by atoms with E-state index in [1.54, 1.807) is 7.11 Å². The summed E-state index contributed by atoms with van der Waals surface area (Å²) < 4.78 is 5.02. The molecule has 0 aromatic carbocycles. The van der Waals surface area contributed by atoms with Crippen LogP contribution in [0.25, 0.3) is 0 Å². The minimum Gasteiger partial charge on any atom is -0.501 e. The van der Waals surface area contributed by atoms with Gasteiger partial charge in [0.05, 0.1) is 12.9 Å². The SMILES string of the molecule is C=C(/C=C(/C)OC)C(C)CC. The largest absolute Gasteiger partial charge is 0.501 e. The van der Waals surface area contributed by atoms with E-state index >= 15 is 0 Å². The van der Waals surface area contributed by atoms with E-state index in [9.17, 15) is 0 Å². The van der Waals surface area contributed by atoms with Gasteiger partial charge in [-0.1, -0.05) is 20.4 Å². The van der Waals surface area contributed by atoms with Crippen LogP contribution in [-0.4, -0.2) is 7.11 Å². The zero-order valence-corrected chi connectivity index (χ0v) is 7.98. The van der Waals surface area contributed by atoms with Gasteiger partial charge in [0.15, 0.2) is 0 Å². The molecule has 64 valence electrons. The van der Waals surface area contributed by atoms with Crippen LogP contribution in [0.3, 0.4) is 0 Å². The summed E-state index contributed by atoms with van der Waals surface area (Å²) in [5, 5.41) is 0. The average Bonchev–Trinajstić information content (AvgIpc) is 2.02. The topological polar surface area (TPSA) is 9.23 Å². The average molecular weight is 154 g/mol. The van der Waals surface area contributed by atoms with Crippen molar-refractivity contribution in [2.24, 2.45) is 5.92 Å². The highest BCUT2D eigenvalue weighted by Gasteiger charge is 2.00. The van der Waals surface area contributed by atoms with Crippen molar-refractivity contribution in [3.05, 3.63) is 24.0 Å². The van der Waals surface area contributed by atoms with Crippen molar-refractivity contribution in [2.75, 3.05) is 7.11 Å². The normalized spacial score (nSPS) is 14.4. The maximum Gasteiger partial charge on any atom is 0.0927 e. The summed E-state index contributed by atoms with van der Waals surface area (Å²) in [6, 6.07) is 0. The number of rotatable bonds is 4. The molecule has 11 heavy (non-hydrogen) atoms. The Labute approximate surface area is 69.8 Å². The molecule has 0 spiro atoms. The first-order valence-corrected chi connectivity index (χ1v) is 4.02. The van der Waals surface area contributed by atoms with Gasteiger partial charge in [0.2, 0.25) is 0 Å². The maximum absolute atomic E-state index is 5.02. The van der Waals surface area contributed by atoms with E-state index in [4.69, 9.17) is 4.74 Å². The molecule has 0 aromatic heterocycles. The molecular weight excluding hydrogens is 136 g/mol. The molecule has 0 saturated heterocycles. The molecule has 0 fully saturated rings. The Hall–Kier alpha value is -0.720. The fourth-order valence-electron chi connectivity index (χ4n) is 0.724. The van der Waals surface area contributed by atoms with E-state index in [1.165, 1.54) is 0 Å². The molecule has 0 heterocycles. The highest BCUT2D eigenvalue weighted by atomic mass is 16.5. The third-order valence-corrected chi connectivity index (χ3v) is 1.96. The molecule has 0 bridgehead atoms. The van der Waals surface area contributed by atoms with Crippen LogP contribution in [0.1, 0.15) is 27.2 Å². The number of allylic oxidation sites excluding steroid dienone is 3. The molecule has 0 aliphatic heterocycles.